The lowest BCUT2D eigenvalue weighted by molar-refractivity contribution is 0.0663. The first kappa shape index (κ1) is 14.4. The molecule has 7 heteroatoms. The number of carbonyl (C=O) groups excluding carboxylic acids is 1. The van der Waals surface area contributed by atoms with Gasteiger partial charge in [-0.05, 0) is 24.0 Å². The molecule has 1 amide bonds. The van der Waals surface area contributed by atoms with Crippen molar-refractivity contribution >= 4 is 17.4 Å². The Bertz CT molecular complexity index is 712. The fraction of sp³-hybridized carbons (Fsp3) is 0.200. The first-order valence-electron chi connectivity index (χ1n) is 6.87. The molecule has 2 heterocycles. The van der Waals surface area contributed by atoms with Crippen molar-refractivity contribution < 1.29 is 4.79 Å². The molecule has 1 N–H and O–H groups in total. The van der Waals surface area contributed by atoms with E-state index in [4.69, 9.17) is 0 Å². The third kappa shape index (κ3) is 3.04. The van der Waals surface area contributed by atoms with Crippen molar-refractivity contribution in [3.63, 3.8) is 0 Å². The zero-order valence-corrected chi connectivity index (χ0v) is 12.8. The van der Waals surface area contributed by atoms with Gasteiger partial charge >= 0.3 is 0 Å². The molecule has 112 valence electrons. The van der Waals surface area contributed by atoms with E-state index < -0.39 is 0 Å². The van der Waals surface area contributed by atoms with E-state index in [1.54, 1.807) is 22.7 Å². The molecular weight excluding hydrogens is 298 g/mol. The Kier molecular flexibility index (Phi) is 4.24. The molecule has 0 aliphatic rings. The summed E-state index contributed by atoms with van der Waals surface area (Å²) in [7, 11) is 0. The monoisotopic (exact) mass is 313 g/mol. The van der Waals surface area contributed by atoms with Crippen LogP contribution in [0.5, 0.6) is 0 Å². The lowest BCUT2D eigenvalue weighted by atomic mass is 10.1. The highest BCUT2D eigenvalue weighted by molar-refractivity contribution is 7.03. The molecule has 0 aliphatic carbocycles. The average molecular weight is 313 g/mol. The number of benzene rings is 1. The molecule has 0 spiro atoms. The van der Waals surface area contributed by atoms with Crippen LogP contribution >= 0.6 is 11.5 Å². The van der Waals surface area contributed by atoms with Crippen LogP contribution in [0.4, 0.5) is 0 Å². The molecule has 6 nitrogen and oxygen atoms in total. The summed E-state index contributed by atoms with van der Waals surface area (Å²) in [5.41, 5.74) is 1.42. The highest BCUT2D eigenvalue weighted by atomic mass is 32.1. The minimum absolute atomic E-state index is 0.0968. The topological polar surface area (TPSA) is 74.8 Å². The Labute approximate surface area is 132 Å². The summed E-state index contributed by atoms with van der Waals surface area (Å²) in [6.45, 7) is 2.38. The van der Waals surface area contributed by atoms with E-state index in [-0.39, 0.29) is 11.9 Å². The molecule has 3 aromatic rings. The Hall–Kier alpha value is -2.54. The summed E-state index contributed by atoms with van der Waals surface area (Å²) in [6.07, 6.45) is 3.42. The van der Waals surface area contributed by atoms with Crippen molar-refractivity contribution in [2.75, 3.05) is 0 Å². The molecule has 3 rings (SSSR count). The van der Waals surface area contributed by atoms with E-state index >= 15 is 0 Å². The van der Waals surface area contributed by atoms with Gasteiger partial charge in [-0.3, -0.25) is 4.79 Å². The van der Waals surface area contributed by atoms with Crippen LogP contribution in [0.2, 0.25) is 0 Å². The van der Waals surface area contributed by atoms with Crippen LogP contribution in [0, 0.1) is 0 Å². The lowest BCUT2D eigenvalue weighted by Gasteiger charge is -2.28. The van der Waals surface area contributed by atoms with Crippen LogP contribution in [0.3, 0.4) is 0 Å². The summed E-state index contributed by atoms with van der Waals surface area (Å²) in [4.78, 5) is 21.7. The number of carbonyl (C=O) groups is 1. The molecule has 0 saturated carbocycles. The van der Waals surface area contributed by atoms with Gasteiger partial charge in [-0.1, -0.05) is 34.8 Å². The van der Waals surface area contributed by atoms with Crippen LogP contribution in [0.15, 0.2) is 48.1 Å². The standard InChI is InChI=1S/C15H15N5OS/c1-11(12-5-3-2-4-6-12)20(9-14-16-7-8-17-14)15(21)13-10-22-19-18-13/h2-8,10-11H,9H2,1H3,(H,16,17)/t11-/m1/s1. The summed E-state index contributed by atoms with van der Waals surface area (Å²) >= 11 is 1.17. The first-order chi connectivity index (χ1) is 10.8. The van der Waals surface area contributed by atoms with Crippen molar-refractivity contribution in [3.05, 3.63) is 65.2 Å². The number of aromatic amines is 1. The number of imidazole rings is 1. The second-order valence-corrected chi connectivity index (χ2v) is 5.46. The Morgan fingerprint density at radius 1 is 1.36 bits per heavy atom. The van der Waals surface area contributed by atoms with Crippen LogP contribution in [0.1, 0.15) is 34.8 Å². The van der Waals surface area contributed by atoms with Crippen molar-refractivity contribution in [2.45, 2.75) is 19.5 Å². The highest BCUT2D eigenvalue weighted by Crippen LogP contribution is 2.23. The zero-order valence-electron chi connectivity index (χ0n) is 12.0. The second-order valence-electron chi connectivity index (χ2n) is 4.85. The maximum atomic E-state index is 12.7. The third-order valence-corrected chi connectivity index (χ3v) is 3.97. The minimum Gasteiger partial charge on any atom is -0.347 e. The smallest absolute Gasteiger partial charge is 0.276 e. The summed E-state index contributed by atoms with van der Waals surface area (Å²) in [5.74, 6) is 0.584. The van der Waals surface area contributed by atoms with Crippen LogP contribution in [-0.4, -0.2) is 30.4 Å². The summed E-state index contributed by atoms with van der Waals surface area (Å²) in [6, 6.07) is 9.80. The van der Waals surface area contributed by atoms with Crippen molar-refractivity contribution in [2.24, 2.45) is 0 Å². The van der Waals surface area contributed by atoms with E-state index in [0.717, 1.165) is 11.4 Å². The number of amides is 1. The molecule has 22 heavy (non-hydrogen) atoms. The molecule has 1 atom stereocenters. The van der Waals surface area contributed by atoms with Gasteiger partial charge < -0.3 is 9.88 Å². The molecule has 0 radical (unpaired) electrons. The van der Waals surface area contributed by atoms with Gasteiger partial charge in [-0.2, -0.15) is 0 Å². The number of aromatic nitrogens is 4. The molecule has 0 fully saturated rings. The number of nitrogens with one attached hydrogen (secondary N) is 1. The molecule has 0 bridgehead atoms. The molecule has 1 aromatic carbocycles. The number of rotatable bonds is 5. The minimum atomic E-state index is -0.151. The van der Waals surface area contributed by atoms with Crippen molar-refractivity contribution in [3.8, 4) is 0 Å². The Morgan fingerprint density at radius 3 is 2.82 bits per heavy atom. The number of H-pyrrole nitrogens is 1. The predicted molar refractivity (Wildman–Crippen MR) is 83.2 cm³/mol. The summed E-state index contributed by atoms with van der Waals surface area (Å²) < 4.78 is 3.78. The normalized spacial score (nSPS) is 12.0. The Balaban J connectivity index is 1.90. The number of hydrogen-bond donors (Lipinski definition) is 1. The molecule has 2 aromatic heterocycles. The van der Waals surface area contributed by atoms with Gasteiger partial charge in [0.25, 0.3) is 5.91 Å². The van der Waals surface area contributed by atoms with Gasteiger partial charge in [0.2, 0.25) is 0 Å². The lowest BCUT2D eigenvalue weighted by Crippen LogP contribution is -2.33. The van der Waals surface area contributed by atoms with Gasteiger partial charge in [-0.15, -0.1) is 5.10 Å². The highest BCUT2D eigenvalue weighted by Gasteiger charge is 2.25. The summed E-state index contributed by atoms with van der Waals surface area (Å²) in [5, 5.41) is 5.55. The fourth-order valence-electron chi connectivity index (χ4n) is 2.25. The Morgan fingerprint density at radius 2 is 2.18 bits per heavy atom. The quantitative estimate of drug-likeness (QED) is 0.786. The number of nitrogens with zero attached hydrogens (tertiary/aromatic N) is 4. The van der Waals surface area contributed by atoms with Crippen molar-refractivity contribution in [1.29, 1.82) is 0 Å². The van der Waals surface area contributed by atoms with E-state index in [1.807, 2.05) is 37.3 Å². The van der Waals surface area contributed by atoms with Gasteiger partial charge in [0, 0.05) is 17.8 Å². The zero-order chi connectivity index (χ0) is 15.4. The van der Waals surface area contributed by atoms with Gasteiger partial charge in [0.15, 0.2) is 5.69 Å². The number of hydrogen-bond acceptors (Lipinski definition) is 5. The van der Waals surface area contributed by atoms with Crippen LogP contribution < -0.4 is 0 Å². The van der Waals surface area contributed by atoms with E-state index in [1.165, 1.54) is 11.5 Å². The third-order valence-electron chi connectivity index (χ3n) is 3.46. The van der Waals surface area contributed by atoms with Crippen LogP contribution in [0.25, 0.3) is 0 Å². The predicted octanol–water partition coefficient (Wildman–Crippen LogP) is 2.66. The molecule has 0 aliphatic heterocycles. The van der Waals surface area contributed by atoms with Gasteiger partial charge in [-0.25, -0.2) is 4.98 Å². The fourth-order valence-corrected chi connectivity index (χ4v) is 2.68. The van der Waals surface area contributed by atoms with E-state index in [2.05, 4.69) is 19.6 Å². The average Bonchev–Trinajstić information content (AvgIpc) is 3.25. The maximum Gasteiger partial charge on any atom is 0.276 e. The van der Waals surface area contributed by atoms with E-state index in [9.17, 15) is 4.79 Å². The largest absolute Gasteiger partial charge is 0.347 e. The van der Waals surface area contributed by atoms with Crippen LogP contribution in [-0.2, 0) is 6.54 Å². The van der Waals surface area contributed by atoms with Gasteiger partial charge in [0.05, 0.1) is 12.6 Å². The molecule has 0 saturated heterocycles. The van der Waals surface area contributed by atoms with E-state index in [0.29, 0.717) is 12.2 Å². The maximum absolute atomic E-state index is 12.7. The second kappa shape index (κ2) is 6.48. The first-order valence-corrected chi connectivity index (χ1v) is 7.70. The molecular formula is C15H15N5OS. The SMILES string of the molecule is C[C@H](c1ccccc1)N(Cc1ncc[nH]1)C(=O)c1csnn1. The van der Waals surface area contributed by atoms with Crippen molar-refractivity contribution in [1.82, 2.24) is 24.5 Å². The van der Waals surface area contributed by atoms with Gasteiger partial charge in [0.1, 0.15) is 5.82 Å². The molecule has 0 unspecified atom stereocenters.